The third-order valence-corrected chi connectivity index (χ3v) is 2.55. The van der Waals surface area contributed by atoms with Crippen LogP contribution in [0.1, 0.15) is 17.5 Å². The molecule has 0 spiro atoms. The van der Waals surface area contributed by atoms with Gasteiger partial charge in [0, 0.05) is 10.7 Å². The number of ether oxygens (including phenoxy) is 1. The molecule has 0 aliphatic heterocycles. The molecule has 0 radical (unpaired) electrons. The summed E-state index contributed by atoms with van der Waals surface area (Å²) in [6, 6.07) is 1.76. The number of hydrogen-bond donors (Lipinski definition) is 0. The Balaban J connectivity index is 2.53. The number of hydrogen-bond acceptors (Lipinski definition) is 4. The minimum absolute atomic E-state index is 0.0533. The van der Waals surface area contributed by atoms with E-state index in [0.29, 0.717) is 5.52 Å². The molecule has 0 bridgehead atoms. The average molecular weight is 305 g/mol. The van der Waals surface area contributed by atoms with Crippen LogP contribution in [0.15, 0.2) is 16.7 Å². The largest absolute Gasteiger partial charge is 0.460 e. The molecule has 2 rings (SSSR count). The van der Waals surface area contributed by atoms with Gasteiger partial charge in [-0.15, -0.1) is 5.10 Å². The zero-order chi connectivity index (χ0) is 11.7. The molecule has 5 nitrogen and oxygen atoms in total. The highest BCUT2D eigenvalue weighted by atomic mass is 79.9. The maximum atomic E-state index is 11.4. The van der Waals surface area contributed by atoms with E-state index in [2.05, 4.69) is 26.0 Å². The van der Waals surface area contributed by atoms with Crippen LogP contribution in [0.25, 0.3) is 5.52 Å². The van der Waals surface area contributed by atoms with Crippen LogP contribution in [0.4, 0.5) is 0 Å². The molecule has 7 heteroatoms. The molecule has 0 unspecified atom stereocenters. The Morgan fingerprint density at radius 2 is 2.44 bits per heavy atom. The lowest BCUT2D eigenvalue weighted by molar-refractivity contribution is 0.0510. The third kappa shape index (κ3) is 2.03. The van der Waals surface area contributed by atoms with Gasteiger partial charge in [0.25, 0.3) is 5.82 Å². The highest BCUT2D eigenvalue weighted by Gasteiger charge is 2.14. The number of aromatic nitrogens is 3. The van der Waals surface area contributed by atoms with E-state index in [0.717, 1.165) is 4.47 Å². The van der Waals surface area contributed by atoms with E-state index in [9.17, 15) is 4.79 Å². The predicted molar refractivity (Wildman–Crippen MR) is 61.7 cm³/mol. The minimum atomic E-state index is -0.587. The molecule has 16 heavy (non-hydrogen) atoms. The number of esters is 1. The highest BCUT2D eigenvalue weighted by molar-refractivity contribution is 9.10. The maximum Gasteiger partial charge on any atom is 0.378 e. The molecular weight excluding hydrogens is 297 g/mol. The van der Waals surface area contributed by atoms with Crippen LogP contribution < -0.4 is 0 Å². The topological polar surface area (TPSA) is 56.5 Å². The standard InChI is InChI=1S/C9H7BrClN3O2/c1-2-16-9(15)8-12-7(11)6-3-5(10)4-14(6)13-8/h3-4H,2H2,1H3. The molecule has 0 fully saturated rings. The molecule has 0 saturated heterocycles. The summed E-state index contributed by atoms with van der Waals surface area (Å²) in [5, 5.41) is 4.20. The minimum Gasteiger partial charge on any atom is -0.460 e. The second-order valence-electron chi connectivity index (χ2n) is 2.93. The lowest BCUT2D eigenvalue weighted by Crippen LogP contribution is -2.12. The molecule has 0 saturated carbocycles. The van der Waals surface area contributed by atoms with E-state index in [1.807, 2.05) is 0 Å². The van der Waals surface area contributed by atoms with Gasteiger partial charge in [-0.1, -0.05) is 11.6 Å². The zero-order valence-corrected chi connectivity index (χ0v) is 10.6. The highest BCUT2D eigenvalue weighted by Crippen LogP contribution is 2.20. The zero-order valence-electron chi connectivity index (χ0n) is 8.28. The first-order chi connectivity index (χ1) is 7.61. The van der Waals surface area contributed by atoms with Gasteiger partial charge in [0.15, 0.2) is 5.15 Å². The van der Waals surface area contributed by atoms with Crippen LogP contribution in [0.5, 0.6) is 0 Å². The van der Waals surface area contributed by atoms with Crippen molar-refractivity contribution in [2.45, 2.75) is 6.92 Å². The van der Waals surface area contributed by atoms with Gasteiger partial charge in [0.2, 0.25) is 0 Å². The van der Waals surface area contributed by atoms with E-state index in [4.69, 9.17) is 16.3 Å². The second-order valence-corrected chi connectivity index (χ2v) is 4.21. The van der Waals surface area contributed by atoms with Crippen LogP contribution >= 0.6 is 27.5 Å². The van der Waals surface area contributed by atoms with Crippen LogP contribution in [-0.2, 0) is 4.74 Å². The number of halogens is 2. The molecule has 0 N–H and O–H groups in total. The second kappa shape index (κ2) is 4.39. The molecule has 0 aromatic carbocycles. The quantitative estimate of drug-likeness (QED) is 0.799. The molecule has 0 aliphatic rings. The molecule has 0 amide bonds. The SMILES string of the molecule is CCOC(=O)c1nc(Cl)c2cc(Br)cn2n1. The van der Waals surface area contributed by atoms with Crippen molar-refractivity contribution in [3.63, 3.8) is 0 Å². The van der Waals surface area contributed by atoms with E-state index in [1.165, 1.54) is 4.52 Å². The maximum absolute atomic E-state index is 11.4. The number of fused-ring (bicyclic) bond motifs is 1. The number of carbonyl (C=O) groups excluding carboxylic acids is 1. The summed E-state index contributed by atoms with van der Waals surface area (Å²) < 4.78 is 7.08. The van der Waals surface area contributed by atoms with E-state index in [-0.39, 0.29) is 17.6 Å². The van der Waals surface area contributed by atoms with Crippen molar-refractivity contribution in [2.75, 3.05) is 6.61 Å². The first kappa shape index (κ1) is 11.3. The molecule has 84 valence electrons. The van der Waals surface area contributed by atoms with Crippen molar-refractivity contribution in [1.82, 2.24) is 14.6 Å². The van der Waals surface area contributed by atoms with Crippen molar-refractivity contribution in [3.8, 4) is 0 Å². The Kier molecular flexibility index (Phi) is 3.11. The lowest BCUT2D eigenvalue weighted by Gasteiger charge is -2.01. The predicted octanol–water partition coefficient (Wildman–Crippen LogP) is 2.32. The van der Waals surface area contributed by atoms with Gasteiger partial charge >= 0.3 is 5.97 Å². The van der Waals surface area contributed by atoms with Crippen LogP contribution in [0.2, 0.25) is 5.15 Å². The number of nitrogens with zero attached hydrogens (tertiary/aromatic N) is 3. The fourth-order valence-electron chi connectivity index (χ4n) is 1.21. The van der Waals surface area contributed by atoms with Gasteiger partial charge in [-0.2, -0.15) is 0 Å². The smallest absolute Gasteiger partial charge is 0.378 e. The van der Waals surface area contributed by atoms with Crippen LogP contribution in [0, 0.1) is 0 Å². The Hall–Kier alpha value is -1.14. The monoisotopic (exact) mass is 303 g/mol. The summed E-state index contributed by atoms with van der Waals surface area (Å²) in [7, 11) is 0. The number of carbonyl (C=O) groups is 1. The van der Waals surface area contributed by atoms with E-state index >= 15 is 0 Å². The Bertz CT molecular complexity index is 555. The van der Waals surface area contributed by atoms with Gasteiger partial charge in [-0.3, -0.25) is 0 Å². The van der Waals surface area contributed by atoms with Gasteiger partial charge in [0.05, 0.1) is 6.61 Å². The molecular formula is C9H7BrClN3O2. The normalized spacial score (nSPS) is 10.7. The summed E-state index contributed by atoms with van der Waals surface area (Å²) in [5.74, 6) is -0.640. The lowest BCUT2D eigenvalue weighted by atomic mass is 10.5. The fourth-order valence-corrected chi connectivity index (χ4v) is 1.85. The fraction of sp³-hybridized carbons (Fsp3) is 0.222. The van der Waals surface area contributed by atoms with Crippen molar-refractivity contribution in [1.29, 1.82) is 0 Å². The first-order valence-corrected chi connectivity index (χ1v) is 5.67. The third-order valence-electron chi connectivity index (χ3n) is 1.84. The Morgan fingerprint density at radius 3 is 3.12 bits per heavy atom. The van der Waals surface area contributed by atoms with Crippen molar-refractivity contribution < 1.29 is 9.53 Å². The molecule has 0 atom stereocenters. The van der Waals surface area contributed by atoms with Gasteiger partial charge in [0.1, 0.15) is 5.52 Å². The Labute approximate surface area is 104 Å². The van der Waals surface area contributed by atoms with Crippen LogP contribution in [0.3, 0.4) is 0 Å². The Morgan fingerprint density at radius 1 is 1.69 bits per heavy atom. The summed E-state index contributed by atoms with van der Waals surface area (Å²) in [6.45, 7) is 1.98. The summed E-state index contributed by atoms with van der Waals surface area (Å²) in [5.41, 5.74) is 0.626. The molecule has 2 aromatic rings. The summed E-state index contributed by atoms with van der Waals surface area (Å²) >= 11 is 9.21. The van der Waals surface area contributed by atoms with Crippen molar-refractivity contribution in [3.05, 3.63) is 27.7 Å². The van der Waals surface area contributed by atoms with Crippen LogP contribution in [-0.4, -0.2) is 27.2 Å². The summed E-state index contributed by atoms with van der Waals surface area (Å²) in [6.07, 6.45) is 1.69. The van der Waals surface area contributed by atoms with E-state index in [1.54, 1.807) is 19.2 Å². The van der Waals surface area contributed by atoms with Gasteiger partial charge in [-0.05, 0) is 28.9 Å². The molecule has 2 aromatic heterocycles. The van der Waals surface area contributed by atoms with Crippen molar-refractivity contribution in [2.24, 2.45) is 0 Å². The first-order valence-electron chi connectivity index (χ1n) is 4.50. The van der Waals surface area contributed by atoms with E-state index < -0.39 is 5.97 Å². The summed E-state index contributed by atoms with van der Waals surface area (Å²) in [4.78, 5) is 15.3. The van der Waals surface area contributed by atoms with Gasteiger partial charge in [-0.25, -0.2) is 14.3 Å². The molecule has 0 aliphatic carbocycles. The van der Waals surface area contributed by atoms with Crippen molar-refractivity contribution >= 4 is 39.0 Å². The number of rotatable bonds is 2. The van der Waals surface area contributed by atoms with Gasteiger partial charge < -0.3 is 4.74 Å². The molecule has 2 heterocycles. The average Bonchev–Trinajstić information content (AvgIpc) is 2.59.